The van der Waals surface area contributed by atoms with Gasteiger partial charge in [-0.25, -0.2) is 0 Å². The summed E-state index contributed by atoms with van der Waals surface area (Å²) in [6.07, 6.45) is -4.57. The molecule has 25 heavy (non-hydrogen) atoms. The van der Waals surface area contributed by atoms with E-state index in [1.165, 1.54) is 60.7 Å². The van der Waals surface area contributed by atoms with Crippen molar-refractivity contribution in [3.8, 4) is 0 Å². The lowest BCUT2D eigenvalue weighted by atomic mass is 9.69. The molecule has 0 fully saturated rings. The second kappa shape index (κ2) is 6.74. The van der Waals surface area contributed by atoms with Crippen molar-refractivity contribution in [1.82, 2.24) is 0 Å². The van der Waals surface area contributed by atoms with Gasteiger partial charge in [-0.15, -0.1) is 0 Å². The second-order valence-corrected chi connectivity index (χ2v) is 6.50. The summed E-state index contributed by atoms with van der Waals surface area (Å²) in [6.45, 7) is 0. The van der Waals surface area contributed by atoms with Crippen molar-refractivity contribution in [3.63, 3.8) is 0 Å². The predicted octanol–water partition coefficient (Wildman–Crippen LogP) is 6.89. The third-order valence-corrected chi connectivity index (χ3v) is 4.69. The Kier molecular flexibility index (Phi) is 4.81. The maximum Gasteiger partial charge on any atom is 0.406 e. The lowest BCUT2D eigenvalue weighted by molar-refractivity contribution is -0.166. The predicted molar refractivity (Wildman–Crippen MR) is 95.3 cm³/mol. The van der Waals surface area contributed by atoms with Crippen LogP contribution in [-0.2, 0) is 5.41 Å². The van der Waals surface area contributed by atoms with E-state index in [0.717, 1.165) is 0 Å². The number of hydrogen-bond acceptors (Lipinski definition) is 0. The first-order valence-corrected chi connectivity index (χ1v) is 8.25. The summed E-state index contributed by atoms with van der Waals surface area (Å²) in [7, 11) is 0. The van der Waals surface area contributed by atoms with E-state index in [1.54, 1.807) is 18.2 Å². The highest BCUT2D eigenvalue weighted by atomic mass is 35.5. The first kappa shape index (κ1) is 17.8. The fourth-order valence-electron chi connectivity index (χ4n) is 3.08. The number of halogens is 5. The number of hydrogen-bond donors (Lipinski definition) is 0. The average Bonchev–Trinajstić information content (AvgIpc) is 2.58. The van der Waals surface area contributed by atoms with Gasteiger partial charge in [-0.3, -0.25) is 0 Å². The largest absolute Gasteiger partial charge is 0.406 e. The van der Waals surface area contributed by atoms with Gasteiger partial charge in [-0.1, -0.05) is 77.8 Å². The molecule has 0 aliphatic rings. The molecule has 3 aromatic carbocycles. The van der Waals surface area contributed by atoms with Crippen molar-refractivity contribution < 1.29 is 13.2 Å². The second-order valence-electron chi connectivity index (χ2n) is 5.63. The minimum atomic E-state index is -4.57. The molecule has 0 heterocycles. The van der Waals surface area contributed by atoms with Crippen LogP contribution in [0.1, 0.15) is 16.7 Å². The van der Waals surface area contributed by atoms with Crippen LogP contribution in [0.5, 0.6) is 0 Å². The first-order chi connectivity index (χ1) is 11.9. The summed E-state index contributed by atoms with van der Waals surface area (Å²) < 4.78 is 43.7. The molecule has 128 valence electrons. The molecule has 3 rings (SSSR count). The van der Waals surface area contributed by atoms with Crippen LogP contribution in [0.3, 0.4) is 0 Å². The van der Waals surface area contributed by atoms with Gasteiger partial charge in [0.15, 0.2) is 0 Å². The molecule has 0 aromatic heterocycles. The monoisotopic (exact) mass is 380 g/mol. The minimum absolute atomic E-state index is 0.0953. The number of rotatable bonds is 3. The van der Waals surface area contributed by atoms with Crippen molar-refractivity contribution >= 4 is 23.2 Å². The summed E-state index contributed by atoms with van der Waals surface area (Å²) in [5.41, 5.74) is -1.99. The topological polar surface area (TPSA) is 0 Å². The van der Waals surface area contributed by atoms with E-state index in [-0.39, 0.29) is 16.7 Å². The van der Waals surface area contributed by atoms with Gasteiger partial charge < -0.3 is 0 Å². The molecule has 0 bridgehead atoms. The standard InChI is InChI=1S/C20H13Cl2F3/c21-17-10-6-15(7-11-17)19(20(23,24)25,14-4-2-1-3-5-14)16-8-12-18(22)13-9-16/h1-13H. The van der Waals surface area contributed by atoms with Gasteiger partial charge in [0.2, 0.25) is 0 Å². The van der Waals surface area contributed by atoms with Gasteiger partial charge in [-0.05, 0) is 41.0 Å². The highest BCUT2D eigenvalue weighted by Crippen LogP contribution is 2.51. The average molecular weight is 381 g/mol. The number of alkyl halides is 3. The van der Waals surface area contributed by atoms with Gasteiger partial charge >= 0.3 is 6.18 Å². The van der Waals surface area contributed by atoms with Crippen LogP contribution in [0, 0.1) is 0 Å². The summed E-state index contributed by atoms with van der Waals surface area (Å²) >= 11 is 11.8. The van der Waals surface area contributed by atoms with E-state index in [2.05, 4.69) is 0 Å². The molecule has 0 saturated heterocycles. The van der Waals surface area contributed by atoms with Crippen LogP contribution in [-0.4, -0.2) is 6.18 Å². The highest BCUT2D eigenvalue weighted by molar-refractivity contribution is 6.30. The Morgan fingerprint density at radius 3 is 1.24 bits per heavy atom. The van der Waals surface area contributed by atoms with Crippen molar-refractivity contribution in [3.05, 3.63) is 106 Å². The summed E-state index contributed by atoms with van der Waals surface area (Å²) in [6, 6.07) is 19.4. The SMILES string of the molecule is FC(F)(F)C(c1ccccc1)(c1ccc(Cl)cc1)c1ccc(Cl)cc1. The Morgan fingerprint density at radius 2 is 0.880 bits per heavy atom. The zero-order valence-corrected chi connectivity index (χ0v) is 14.4. The van der Waals surface area contributed by atoms with Crippen LogP contribution < -0.4 is 0 Å². The third-order valence-electron chi connectivity index (χ3n) is 4.19. The molecule has 0 nitrogen and oxygen atoms in total. The van der Waals surface area contributed by atoms with Crippen LogP contribution in [0.2, 0.25) is 10.0 Å². The lowest BCUT2D eigenvalue weighted by Gasteiger charge is -2.37. The molecule has 0 radical (unpaired) electrons. The molecule has 5 heteroatoms. The van der Waals surface area contributed by atoms with Gasteiger partial charge in [0.1, 0.15) is 5.41 Å². The summed E-state index contributed by atoms with van der Waals surface area (Å²) in [4.78, 5) is 0. The van der Waals surface area contributed by atoms with Crippen molar-refractivity contribution in [1.29, 1.82) is 0 Å². The van der Waals surface area contributed by atoms with Crippen molar-refractivity contribution in [2.75, 3.05) is 0 Å². The molecule has 3 aromatic rings. The van der Waals surface area contributed by atoms with Crippen LogP contribution in [0.4, 0.5) is 13.2 Å². The third kappa shape index (κ3) is 3.14. The Morgan fingerprint density at radius 1 is 0.520 bits per heavy atom. The van der Waals surface area contributed by atoms with E-state index in [9.17, 15) is 13.2 Å². The maximum atomic E-state index is 14.6. The minimum Gasteiger partial charge on any atom is -0.169 e. The van der Waals surface area contributed by atoms with E-state index in [1.807, 2.05) is 0 Å². The Balaban J connectivity index is 2.40. The molecule has 0 spiro atoms. The molecular formula is C20H13Cl2F3. The highest BCUT2D eigenvalue weighted by Gasteiger charge is 2.58. The molecular weight excluding hydrogens is 368 g/mol. The van der Waals surface area contributed by atoms with E-state index in [4.69, 9.17) is 23.2 Å². The van der Waals surface area contributed by atoms with Crippen LogP contribution >= 0.6 is 23.2 Å². The molecule has 0 aliphatic heterocycles. The van der Waals surface area contributed by atoms with Gasteiger partial charge in [0.25, 0.3) is 0 Å². The lowest BCUT2D eigenvalue weighted by Crippen LogP contribution is -2.44. The van der Waals surface area contributed by atoms with E-state index in [0.29, 0.717) is 10.0 Å². The van der Waals surface area contributed by atoms with E-state index < -0.39 is 11.6 Å². The first-order valence-electron chi connectivity index (χ1n) is 7.50. The smallest absolute Gasteiger partial charge is 0.169 e. The quantitative estimate of drug-likeness (QED) is 0.434. The zero-order chi connectivity index (χ0) is 18.1. The molecule has 0 atom stereocenters. The van der Waals surface area contributed by atoms with Crippen LogP contribution in [0.25, 0.3) is 0 Å². The summed E-state index contributed by atoms with van der Waals surface area (Å²) in [5.74, 6) is 0. The van der Waals surface area contributed by atoms with Gasteiger partial charge in [0.05, 0.1) is 0 Å². The number of benzene rings is 3. The molecule has 0 N–H and O–H groups in total. The molecule has 0 aliphatic carbocycles. The summed E-state index contributed by atoms with van der Waals surface area (Å²) in [5, 5.41) is 0.757. The van der Waals surface area contributed by atoms with E-state index >= 15 is 0 Å². The van der Waals surface area contributed by atoms with Crippen LogP contribution in [0.15, 0.2) is 78.9 Å². The molecule has 0 amide bonds. The fourth-order valence-corrected chi connectivity index (χ4v) is 3.33. The Bertz CT molecular complexity index is 793. The molecule has 0 saturated carbocycles. The normalized spacial score (nSPS) is 12.2. The maximum absolute atomic E-state index is 14.6. The zero-order valence-electron chi connectivity index (χ0n) is 12.9. The Hall–Kier alpha value is -1.97. The van der Waals surface area contributed by atoms with Gasteiger partial charge in [-0.2, -0.15) is 13.2 Å². The fraction of sp³-hybridized carbons (Fsp3) is 0.100. The van der Waals surface area contributed by atoms with Crippen molar-refractivity contribution in [2.45, 2.75) is 11.6 Å². The van der Waals surface area contributed by atoms with Crippen molar-refractivity contribution in [2.24, 2.45) is 0 Å². The van der Waals surface area contributed by atoms with Gasteiger partial charge in [0, 0.05) is 10.0 Å². The Labute approximate surface area is 153 Å². The molecule has 0 unspecified atom stereocenters.